The van der Waals surface area contributed by atoms with Crippen LogP contribution in [0.4, 0.5) is 0 Å². The van der Waals surface area contributed by atoms with Gasteiger partial charge in [-0.1, -0.05) is 118 Å². The fourth-order valence-electron chi connectivity index (χ4n) is 5.21. The molecule has 0 saturated carbocycles. The summed E-state index contributed by atoms with van der Waals surface area (Å²) < 4.78 is 16.4. The molecule has 0 unspecified atom stereocenters. The minimum absolute atomic E-state index is 0.315. The van der Waals surface area contributed by atoms with Gasteiger partial charge in [-0.3, -0.25) is 0 Å². The molecule has 0 aliphatic rings. The maximum absolute atomic E-state index is 12.8. The molecule has 0 fully saturated rings. The molecule has 0 atom stereocenters. The molecule has 0 bridgehead atoms. The number of ether oxygens (including phenoxy) is 2. The number of carbonyl (C=O) groups is 1. The minimum Gasteiger partial charge on any atom is -0.494 e. The second-order valence-corrected chi connectivity index (χ2v) is 14.0. The highest BCUT2D eigenvalue weighted by atomic mass is 32.2. The molecular formula is C44H50O5S2. The largest absolute Gasteiger partial charge is 0.494 e. The standard InChI is InChI=1S/C44H50O5S2/c1-3-4-5-13-32-47-41-28-24-37(25-29-41)19-18-36-20-22-38(23-21-36)35-43(51-49-46-2)44(45)48-33-14-8-6-7-9-15-34-50-42-30-26-40(27-31-42)39-16-11-10-12-17-39/h10-12,16-17,20-31,35H,3-9,13-15,32-34H2,1-2H3/b43-35-. The van der Waals surface area contributed by atoms with Gasteiger partial charge in [0.15, 0.2) is 0 Å². The van der Waals surface area contributed by atoms with Gasteiger partial charge in [0.1, 0.15) is 10.7 Å². The Morgan fingerprint density at radius 2 is 1.27 bits per heavy atom. The zero-order chi connectivity index (χ0) is 35.8. The van der Waals surface area contributed by atoms with Gasteiger partial charge in [-0.05, 0) is 96.3 Å². The van der Waals surface area contributed by atoms with E-state index in [0.717, 1.165) is 72.5 Å². The predicted molar refractivity (Wildman–Crippen MR) is 213 cm³/mol. The van der Waals surface area contributed by atoms with Crippen LogP contribution < -0.4 is 4.74 Å². The van der Waals surface area contributed by atoms with Crippen LogP contribution in [0, 0.1) is 11.8 Å². The van der Waals surface area contributed by atoms with Gasteiger partial charge in [-0.25, -0.2) is 9.68 Å². The molecular weight excluding hydrogens is 673 g/mol. The van der Waals surface area contributed by atoms with Gasteiger partial charge >= 0.3 is 5.97 Å². The molecule has 0 aromatic heterocycles. The van der Waals surface area contributed by atoms with Crippen LogP contribution in [-0.4, -0.2) is 32.0 Å². The lowest BCUT2D eigenvalue weighted by Gasteiger charge is -2.08. The summed E-state index contributed by atoms with van der Waals surface area (Å²) in [6.45, 7) is 3.33. The van der Waals surface area contributed by atoms with E-state index in [4.69, 9.17) is 18.7 Å². The highest BCUT2D eigenvalue weighted by molar-refractivity contribution is 7.99. The average Bonchev–Trinajstić information content (AvgIpc) is 3.17. The molecule has 0 radical (unpaired) electrons. The Balaban J connectivity index is 1.11. The monoisotopic (exact) mass is 722 g/mol. The third-order valence-corrected chi connectivity index (χ3v) is 9.84. The lowest BCUT2D eigenvalue weighted by Crippen LogP contribution is -2.07. The minimum atomic E-state index is -0.428. The first kappa shape index (κ1) is 39.8. The van der Waals surface area contributed by atoms with Gasteiger partial charge in [0.25, 0.3) is 0 Å². The van der Waals surface area contributed by atoms with Crippen molar-refractivity contribution in [3.63, 3.8) is 0 Å². The van der Waals surface area contributed by atoms with Gasteiger partial charge in [0.05, 0.1) is 32.4 Å². The number of carbonyl (C=O) groups excluding carboxylic acids is 1. The number of esters is 1. The van der Waals surface area contributed by atoms with Crippen molar-refractivity contribution in [1.29, 1.82) is 0 Å². The summed E-state index contributed by atoms with van der Waals surface area (Å²) in [6.07, 6.45) is 13.1. The topological polar surface area (TPSA) is 54.0 Å². The normalized spacial score (nSPS) is 11.1. The Labute approximate surface area is 313 Å². The lowest BCUT2D eigenvalue weighted by molar-refractivity contribution is -0.160. The highest BCUT2D eigenvalue weighted by Crippen LogP contribution is 2.26. The van der Waals surface area contributed by atoms with Crippen molar-refractivity contribution < 1.29 is 23.5 Å². The van der Waals surface area contributed by atoms with Crippen molar-refractivity contribution in [3.05, 3.63) is 125 Å². The van der Waals surface area contributed by atoms with Crippen LogP contribution in [0.2, 0.25) is 0 Å². The first-order valence-corrected chi connectivity index (χ1v) is 19.8. The summed E-state index contributed by atoms with van der Waals surface area (Å²) in [5.74, 6) is 7.97. The zero-order valence-corrected chi connectivity index (χ0v) is 31.6. The Bertz CT molecular complexity index is 1640. The van der Waals surface area contributed by atoms with E-state index in [-0.39, 0.29) is 0 Å². The third-order valence-electron chi connectivity index (χ3n) is 8.08. The highest BCUT2D eigenvalue weighted by Gasteiger charge is 2.14. The van der Waals surface area contributed by atoms with Crippen molar-refractivity contribution >= 4 is 35.8 Å². The van der Waals surface area contributed by atoms with Crippen LogP contribution in [0.15, 0.2) is 113 Å². The Kier molecular flexibility index (Phi) is 19.0. The molecule has 0 spiro atoms. The fourth-order valence-corrected chi connectivity index (χ4v) is 6.58. The molecule has 0 N–H and O–H groups in total. The molecule has 0 aliphatic carbocycles. The molecule has 51 heavy (non-hydrogen) atoms. The van der Waals surface area contributed by atoms with Crippen molar-refractivity contribution in [2.24, 2.45) is 0 Å². The maximum atomic E-state index is 12.8. The van der Waals surface area contributed by atoms with Crippen LogP contribution >= 0.6 is 23.8 Å². The summed E-state index contributed by atoms with van der Waals surface area (Å²) in [5.41, 5.74) is 5.14. The summed E-state index contributed by atoms with van der Waals surface area (Å²) in [5, 5.41) is 0. The van der Waals surface area contributed by atoms with Crippen LogP contribution in [-0.2, 0) is 18.8 Å². The Morgan fingerprint density at radius 1 is 0.667 bits per heavy atom. The predicted octanol–water partition coefficient (Wildman–Crippen LogP) is 12.0. The van der Waals surface area contributed by atoms with Crippen molar-refractivity contribution in [2.75, 3.05) is 26.1 Å². The number of unbranched alkanes of at least 4 members (excludes halogenated alkanes) is 8. The first-order chi connectivity index (χ1) is 25.1. The van der Waals surface area contributed by atoms with E-state index in [0.29, 0.717) is 11.5 Å². The van der Waals surface area contributed by atoms with Gasteiger partial charge in [0.2, 0.25) is 0 Å². The molecule has 0 saturated heterocycles. The van der Waals surface area contributed by atoms with Gasteiger partial charge in [-0.2, -0.15) is 4.33 Å². The van der Waals surface area contributed by atoms with Crippen LogP contribution in [0.1, 0.15) is 87.8 Å². The smallest absolute Gasteiger partial charge is 0.347 e. The fraction of sp³-hybridized carbons (Fsp3) is 0.341. The molecule has 4 aromatic rings. The SMILES string of the molecule is CCCCCCOc1ccc(C#Cc2ccc(/C=C(\SOOC)C(=O)OCCCCCCCCSc3ccc(-c4ccccc4)cc3)cc2)cc1. The van der Waals surface area contributed by atoms with Crippen LogP contribution in [0.5, 0.6) is 5.75 Å². The average molecular weight is 723 g/mol. The lowest BCUT2D eigenvalue weighted by atomic mass is 10.1. The van der Waals surface area contributed by atoms with E-state index < -0.39 is 5.97 Å². The van der Waals surface area contributed by atoms with E-state index in [9.17, 15) is 4.79 Å². The number of hydrogen-bond acceptors (Lipinski definition) is 7. The summed E-state index contributed by atoms with van der Waals surface area (Å²) in [6, 6.07) is 34.9. The Morgan fingerprint density at radius 3 is 1.96 bits per heavy atom. The molecule has 0 heterocycles. The number of benzene rings is 4. The second kappa shape index (κ2) is 24.3. The van der Waals surface area contributed by atoms with Gasteiger partial charge < -0.3 is 9.47 Å². The van der Waals surface area contributed by atoms with E-state index in [1.54, 1.807) is 6.08 Å². The summed E-state index contributed by atoms with van der Waals surface area (Å²) in [7, 11) is 1.40. The van der Waals surface area contributed by atoms with Crippen molar-refractivity contribution in [2.45, 2.75) is 76.0 Å². The molecule has 268 valence electrons. The van der Waals surface area contributed by atoms with E-state index in [1.807, 2.05) is 66.4 Å². The summed E-state index contributed by atoms with van der Waals surface area (Å²) in [4.78, 5) is 19.2. The second-order valence-electron chi connectivity index (χ2n) is 12.1. The van der Waals surface area contributed by atoms with E-state index in [1.165, 1.54) is 61.7 Å². The molecule has 7 heteroatoms. The zero-order valence-electron chi connectivity index (χ0n) is 29.9. The number of rotatable bonds is 22. The molecule has 4 aromatic carbocycles. The Hall–Kier alpha value is -3.93. The van der Waals surface area contributed by atoms with E-state index >= 15 is 0 Å². The van der Waals surface area contributed by atoms with Crippen LogP contribution in [0.3, 0.4) is 0 Å². The maximum Gasteiger partial charge on any atom is 0.347 e. The van der Waals surface area contributed by atoms with Crippen LogP contribution in [0.25, 0.3) is 17.2 Å². The molecule has 0 aliphatic heterocycles. The third kappa shape index (κ3) is 15.9. The molecule has 5 nitrogen and oxygen atoms in total. The summed E-state index contributed by atoms with van der Waals surface area (Å²) >= 11 is 2.77. The molecule has 4 rings (SSSR count). The van der Waals surface area contributed by atoms with Gasteiger partial charge in [-0.15, -0.1) is 11.8 Å². The number of thioether (sulfide) groups is 1. The van der Waals surface area contributed by atoms with E-state index in [2.05, 4.69) is 67.3 Å². The number of hydrogen-bond donors (Lipinski definition) is 0. The molecule has 0 amide bonds. The van der Waals surface area contributed by atoms with Gasteiger partial charge in [0, 0.05) is 16.0 Å². The van der Waals surface area contributed by atoms with Crippen molar-refractivity contribution in [3.8, 4) is 28.7 Å². The van der Waals surface area contributed by atoms with Crippen molar-refractivity contribution in [1.82, 2.24) is 0 Å². The first-order valence-electron chi connectivity index (χ1n) is 18.0. The quantitative estimate of drug-likeness (QED) is 0.0117.